The second-order valence-corrected chi connectivity index (χ2v) is 6.58. The van der Waals surface area contributed by atoms with Gasteiger partial charge in [0, 0.05) is 17.0 Å². The normalized spacial score (nSPS) is 13.2. The first-order valence-electron chi connectivity index (χ1n) is 8.39. The highest BCUT2D eigenvalue weighted by Crippen LogP contribution is 2.30. The molecule has 0 N–H and O–H groups in total. The smallest absolute Gasteiger partial charge is 0.339 e. The highest BCUT2D eigenvalue weighted by Gasteiger charge is 2.19. The zero-order chi connectivity index (χ0) is 16.7. The van der Waals surface area contributed by atoms with Crippen LogP contribution in [0.3, 0.4) is 0 Å². The van der Waals surface area contributed by atoms with Gasteiger partial charge in [-0.25, -0.2) is 4.79 Å². The lowest BCUT2D eigenvalue weighted by Gasteiger charge is -2.11. The highest BCUT2D eigenvalue weighted by atomic mass is 16.5. The molecule has 2 aromatic carbocycles. The molecule has 0 aliphatic heterocycles. The van der Waals surface area contributed by atoms with Crippen LogP contribution in [0.25, 0.3) is 11.0 Å². The van der Waals surface area contributed by atoms with Crippen molar-refractivity contribution >= 4 is 11.0 Å². The molecule has 0 bridgehead atoms. The van der Waals surface area contributed by atoms with Gasteiger partial charge in [-0.3, -0.25) is 0 Å². The van der Waals surface area contributed by atoms with E-state index >= 15 is 0 Å². The van der Waals surface area contributed by atoms with E-state index in [0.29, 0.717) is 12.2 Å². The second-order valence-electron chi connectivity index (χ2n) is 6.58. The summed E-state index contributed by atoms with van der Waals surface area (Å²) in [7, 11) is 0. The van der Waals surface area contributed by atoms with Crippen LogP contribution in [-0.2, 0) is 19.4 Å². The first kappa shape index (κ1) is 15.0. The predicted molar refractivity (Wildman–Crippen MR) is 94.8 cm³/mol. The van der Waals surface area contributed by atoms with Crippen LogP contribution in [0, 0.1) is 13.8 Å². The van der Waals surface area contributed by atoms with Gasteiger partial charge in [0.1, 0.15) is 17.9 Å². The number of ether oxygens (including phenoxy) is 1. The monoisotopic (exact) mass is 320 g/mol. The lowest BCUT2D eigenvalue weighted by Crippen LogP contribution is -2.07. The third kappa shape index (κ3) is 2.60. The standard InChI is InChI=1S/C21H20O3/c1-13-6-7-14(2)15(10-13)12-23-16-8-9-18-17-4-3-5-19(17)21(22)24-20(18)11-16/h6-11H,3-5,12H2,1-2H3. The Balaban J connectivity index is 1.65. The van der Waals surface area contributed by atoms with Crippen LogP contribution in [0.2, 0.25) is 0 Å². The zero-order valence-corrected chi connectivity index (χ0v) is 14.0. The zero-order valence-electron chi connectivity index (χ0n) is 14.0. The fourth-order valence-corrected chi connectivity index (χ4v) is 3.47. The van der Waals surface area contributed by atoms with Gasteiger partial charge in [-0.15, -0.1) is 0 Å². The molecule has 3 aromatic rings. The van der Waals surface area contributed by atoms with Gasteiger partial charge in [0.15, 0.2) is 0 Å². The second kappa shape index (κ2) is 5.82. The average Bonchev–Trinajstić information content (AvgIpc) is 3.06. The molecule has 24 heavy (non-hydrogen) atoms. The SMILES string of the molecule is Cc1ccc(C)c(COc2ccc3c4c(c(=O)oc3c2)CCC4)c1. The summed E-state index contributed by atoms with van der Waals surface area (Å²) in [6.45, 7) is 4.67. The van der Waals surface area contributed by atoms with Crippen LogP contribution < -0.4 is 10.4 Å². The molecule has 0 radical (unpaired) electrons. The van der Waals surface area contributed by atoms with Gasteiger partial charge in [-0.2, -0.15) is 0 Å². The molecule has 122 valence electrons. The van der Waals surface area contributed by atoms with Gasteiger partial charge in [-0.05, 0) is 61.9 Å². The van der Waals surface area contributed by atoms with E-state index in [1.807, 2.05) is 18.2 Å². The molecule has 3 nitrogen and oxygen atoms in total. The van der Waals surface area contributed by atoms with Crippen molar-refractivity contribution in [1.29, 1.82) is 0 Å². The van der Waals surface area contributed by atoms with E-state index < -0.39 is 0 Å². The Bertz CT molecular complexity index is 982. The molecule has 0 amide bonds. The minimum absolute atomic E-state index is 0.193. The molecule has 0 spiro atoms. The molecule has 4 rings (SSSR count). The van der Waals surface area contributed by atoms with Crippen LogP contribution in [-0.4, -0.2) is 0 Å². The summed E-state index contributed by atoms with van der Waals surface area (Å²) in [5.74, 6) is 0.726. The summed E-state index contributed by atoms with van der Waals surface area (Å²) in [5, 5.41) is 1.04. The number of rotatable bonds is 3. The molecule has 0 saturated carbocycles. The molecule has 0 saturated heterocycles. The van der Waals surface area contributed by atoms with Crippen LogP contribution in [0.15, 0.2) is 45.6 Å². The molecule has 0 unspecified atom stereocenters. The van der Waals surface area contributed by atoms with Crippen molar-refractivity contribution in [3.8, 4) is 5.75 Å². The highest BCUT2D eigenvalue weighted by molar-refractivity contribution is 5.83. The van der Waals surface area contributed by atoms with Gasteiger partial charge in [0.05, 0.1) is 0 Å². The topological polar surface area (TPSA) is 39.4 Å². The molecule has 1 aliphatic rings. The minimum Gasteiger partial charge on any atom is -0.489 e. The van der Waals surface area contributed by atoms with Crippen molar-refractivity contribution in [2.75, 3.05) is 0 Å². The summed E-state index contributed by atoms with van der Waals surface area (Å²) in [6, 6.07) is 12.2. The molecule has 1 aliphatic carbocycles. The summed E-state index contributed by atoms with van der Waals surface area (Å²) in [4.78, 5) is 12.1. The first-order valence-corrected chi connectivity index (χ1v) is 8.39. The minimum atomic E-state index is -0.193. The third-order valence-corrected chi connectivity index (χ3v) is 4.84. The Morgan fingerprint density at radius 3 is 2.75 bits per heavy atom. The number of benzene rings is 2. The first-order chi connectivity index (χ1) is 11.6. The number of hydrogen-bond donors (Lipinski definition) is 0. The predicted octanol–water partition coefficient (Wildman–Crippen LogP) is 4.48. The lowest BCUT2D eigenvalue weighted by molar-refractivity contribution is 0.305. The number of fused-ring (bicyclic) bond motifs is 3. The van der Waals surface area contributed by atoms with Gasteiger partial charge in [-0.1, -0.05) is 23.8 Å². The maximum absolute atomic E-state index is 12.1. The van der Waals surface area contributed by atoms with E-state index in [0.717, 1.165) is 41.5 Å². The van der Waals surface area contributed by atoms with Crippen LogP contribution >= 0.6 is 0 Å². The largest absolute Gasteiger partial charge is 0.489 e. The van der Waals surface area contributed by atoms with Crippen molar-refractivity contribution in [2.45, 2.75) is 39.7 Å². The molecule has 0 atom stereocenters. The van der Waals surface area contributed by atoms with E-state index in [2.05, 4.69) is 32.0 Å². The molecule has 3 heteroatoms. The van der Waals surface area contributed by atoms with Crippen LogP contribution in [0.4, 0.5) is 0 Å². The van der Waals surface area contributed by atoms with Crippen LogP contribution in [0.1, 0.15) is 34.2 Å². The maximum Gasteiger partial charge on any atom is 0.339 e. The van der Waals surface area contributed by atoms with E-state index in [4.69, 9.17) is 9.15 Å². The maximum atomic E-state index is 12.1. The Morgan fingerprint density at radius 1 is 1.04 bits per heavy atom. The fourth-order valence-electron chi connectivity index (χ4n) is 3.47. The van der Waals surface area contributed by atoms with Crippen molar-refractivity contribution in [3.05, 3.63) is 74.6 Å². The van der Waals surface area contributed by atoms with Crippen molar-refractivity contribution in [1.82, 2.24) is 0 Å². The van der Waals surface area contributed by atoms with Gasteiger partial charge >= 0.3 is 5.63 Å². The summed E-state index contributed by atoms with van der Waals surface area (Å²) >= 11 is 0. The fraction of sp³-hybridized carbons (Fsp3) is 0.286. The Hall–Kier alpha value is -2.55. The number of aryl methyl sites for hydroxylation is 3. The number of hydrogen-bond acceptors (Lipinski definition) is 3. The van der Waals surface area contributed by atoms with Gasteiger partial charge in [0.2, 0.25) is 0 Å². The third-order valence-electron chi connectivity index (χ3n) is 4.84. The van der Waals surface area contributed by atoms with E-state index in [9.17, 15) is 4.79 Å². The van der Waals surface area contributed by atoms with Crippen molar-refractivity contribution in [2.24, 2.45) is 0 Å². The van der Waals surface area contributed by atoms with Crippen molar-refractivity contribution in [3.63, 3.8) is 0 Å². The van der Waals surface area contributed by atoms with Crippen molar-refractivity contribution < 1.29 is 9.15 Å². The Morgan fingerprint density at radius 2 is 1.88 bits per heavy atom. The Labute approximate surface area is 140 Å². The summed E-state index contributed by atoms with van der Waals surface area (Å²) in [6.07, 6.45) is 2.82. The molecular formula is C21H20O3. The van der Waals surface area contributed by atoms with E-state index in [1.54, 1.807) is 0 Å². The summed E-state index contributed by atoms with van der Waals surface area (Å²) < 4.78 is 11.4. The average molecular weight is 320 g/mol. The Kier molecular flexibility index (Phi) is 3.64. The molecular weight excluding hydrogens is 300 g/mol. The molecule has 0 fully saturated rings. The molecule has 1 aromatic heterocycles. The quantitative estimate of drug-likeness (QED) is 0.668. The van der Waals surface area contributed by atoms with Crippen LogP contribution in [0.5, 0.6) is 5.75 Å². The molecule has 1 heterocycles. The lowest BCUT2D eigenvalue weighted by atomic mass is 10.1. The van der Waals surface area contributed by atoms with Gasteiger partial charge in [0.25, 0.3) is 0 Å². The van der Waals surface area contributed by atoms with E-state index in [-0.39, 0.29) is 5.63 Å². The van der Waals surface area contributed by atoms with E-state index in [1.165, 1.54) is 16.7 Å². The summed E-state index contributed by atoms with van der Waals surface area (Å²) in [5.41, 5.74) is 6.05. The van der Waals surface area contributed by atoms with Gasteiger partial charge < -0.3 is 9.15 Å².